The molecule has 1 atom stereocenters. The number of carbonyl (C=O) groups excluding carboxylic acids is 1. The van der Waals surface area contributed by atoms with Crippen molar-refractivity contribution in [1.82, 2.24) is 14.7 Å². The van der Waals surface area contributed by atoms with E-state index in [0.29, 0.717) is 11.6 Å². The first kappa shape index (κ1) is 16.8. The van der Waals surface area contributed by atoms with Crippen molar-refractivity contribution >= 4 is 17.5 Å². The van der Waals surface area contributed by atoms with Gasteiger partial charge < -0.3 is 4.90 Å². The van der Waals surface area contributed by atoms with E-state index in [1.165, 1.54) is 7.05 Å². The number of likely N-dealkylation sites (tertiary alicyclic amines) is 1. The van der Waals surface area contributed by atoms with Crippen LogP contribution in [0.25, 0.3) is 0 Å². The zero-order valence-electron chi connectivity index (χ0n) is 12.8. The first-order chi connectivity index (χ1) is 11.3. The Balaban J connectivity index is 1.92. The third-order valence-electron chi connectivity index (χ3n) is 4.17. The van der Waals surface area contributed by atoms with Gasteiger partial charge in [0.1, 0.15) is 5.69 Å². The highest BCUT2D eigenvalue weighted by atomic mass is 35.5. The highest BCUT2D eigenvalue weighted by molar-refractivity contribution is 6.31. The predicted octanol–water partition coefficient (Wildman–Crippen LogP) is 4.07. The average molecular weight is 358 g/mol. The van der Waals surface area contributed by atoms with E-state index in [1.54, 1.807) is 17.0 Å². The second kappa shape index (κ2) is 6.12. The first-order valence-electron chi connectivity index (χ1n) is 7.45. The van der Waals surface area contributed by atoms with Gasteiger partial charge in [0.15, 0.2) is 5.69 Å². The Morgan fingerprint density at radius 1 is 1.33 bits per heavy atom. The molecule has 0 saturated carbocycles. The summed E-state index contributed by atoms with van der Waals surface area (Å²) in [4.78, 5) is 14.3. The molecule has 1 aromatic carbocycles. The SMILES string of the molecule is Cn1nc(C(F)(F)F)cc1C(=O)N1CCC[C@@H]1c1ccccc1Cl. The van der Waals surface area contributed by atoms with Crippen LogP contribution in [0.3, 0.4) is 0 Å². The molecule has 3 rings (SSSR count). The van der Waals surface area contributed by atoms with Crippen LogP contribution in [0.1, 0.15) is 40.6 Å². The number of hydrogen-bond acceptors (Lipinski definition) is 2. The van der Waals surface area contributed by atoms with Crippen LogP contribution in [0.15, 0.2) is 30.3 Å². The van der Waals surface area contributed by atoms with E-state index in [1.807, 2.05) is 12.1 Å². The van der Waals surface area contributed by atoms with E-state index in [0.717, 1.165) is 29.2 Å². The standard InChI is InChI=1S/C16H15ClF3N3O/c1-22-13(9-14(21-22)16(18,19)20)15(24)23-8-4-7-12(23)10-5-2-3-6-11(10)17/h2-3,5-6,9,12H,4,7-8H2,1H3/t12-/m1/s1. The summed E-state index contributed by atoms with van der Waals surface area (Å²) in [6, 6.07) is 7.75. The molecule has 0 bridgehead atoms. The molecule has 1 aliphatic heterocycles. The summed E-state index contributed by atoms with van der Waals surface area (Å²) in [5.41, 5.74) is -0.341. The van der Waals surface area contributed by atoms with Crippen LogP contribution in [0.4, 0.5) is 13.2 Å². The van der Waals surface area contributed by atoms with Gasteiger partial charge in [-0.05, 0) is 24.5 Å². The van der Waals surface area contributed by atoms with Gasteiger partial charge >= 0.3 is 6.18 Å². The number of aromatic nitrogens is 2. The Morgan fingerprint density at radius 3 is 2.67 bits per heavy atom. The lowest BCUT2D eigenvalue weighted by atomic mass is 10.0. The van der Waals surface area contributed by atoms with Crippen molar-refractivity contribution in [2.24, 2.45) is 7.05 Å². The molecule has 0 unspecified atom stereocenters. The molecule has 2 heterocycles. The number of halogens is 4. The van der Waals surface area contributed by atoms with Gasteiger partial charge in [-0.15, -0.1) is 0 Å². The van der Waals surface area contributed by atoms with Crippen LogP contribution >= 0.6 is 11.6 Å². The molecule has 0 N–H and O–H groups in total. The van der Waals surface area contributed by atoms with Gasteiger partial charge in [-0.25, -0.2) is 0 Å². The molecule has 1 amide bonds. The van der Waals surface area contributed by atoms with Crippen LogP contribution in [-0.4, -0.2) is 27.1 Å². The summed E-state index contributed by atoms with van der Waals surface area (Å²) in [6.45, 7) is 0.473. The number of benzene rings is 1. The molecular weight excluding hydrogens is 343 g/mol. The van der Waals surface area contributed by atoms with Gasteiger partial charge in [-0.2, -0.15) is 18.3 Å². The summed E-state index contributed by atoms with van der Waals surface area (Å²) in [5, 5.41) is 3.95. The number of hydrogen-bond donors (Lipinski definition) is 0. The highest BCUT2D eigenvalue weighted by Gasteiger charge is 2.38. The Labute approximate surface area is 141 Å². The van der Waals surface area contributed by atoms with Crippen molar-refractivity contribution in [2.75, 3.05) is 6.54 Å². The monoisotopic (exact) mass is 357 g/mol. The topological polar surface area (TPSA) is 38.1 Å². The lowest BCUT2D eigenvalue weighted by Crippen LogP contribution is -2.32. The molecule has 24 heavy (non-hydrogen) atoms. The van der Waals surface area contributed by atoms with Crippen molar-refractivity contribution in [1.29, 1.82) is 0 Å². The van der Waals surface area contributed by atoms with Crippen molar-refractivity contribution in [2.45, 2.75) is 25.1 Å². The minimum atomic E-state index is -4.58. The van der Waals surface area contributed by atoms with E-state index in [9.17, 15) is 18.0 Å². The molecule has 0 aliphatic carbocycles. The fourth-order valence-electron chi connectivity index (χ4n) is 3.03. The van der Waals surface area contributed by atoms with E-state index in [4.69, 9.17) is 11.6 Å². The number of rotatable bonds is 2. The molecule has 8 heteroatoms. The highest BCUT2D eigenvalue weighted by Crippen LogP contribution is 2.37. The van der Waals surface area contributed by atoms with E-state index in [-0.39, 0.29) is 11.7 Å². The van der Waals surface area contributed by atoms with Gasteiger partial charge in [0.2, 0.25) is 0 Å². The number of carbonyl (C=O) groups is 1. The van der Waals surface area contributed by atoms with Crippen molar-refractivity contribution in [3.63, 3.8) is 0 Å². The van der Waals surface area contributed by atoms with Gasteiger partial charge in [0.25, 0.3) is 5.91 Å². The Hall–Kier alpha value is -2.02. The minimum absolute atomic E-state index is 0.0821. The van der Waals surface area contributed by atoms with Crippen LogP contribution in [0, 0.1) is 0 Å². The molecule has 128 valence electrons. The van der Waals surface area contributed by atoms with Crippen molar-refractivity contribution < 1.29 is 18.0 Å². The van der Waals surface area contributed by atoms with Crippen LogP contribution < -0.4 is 0 Å². The predicted molar refractivity (Wildman–Crippen MR) is 82.7 cm³/mol. The third-order valence-corrected chi connectivity index (χ3v) is 4.51. The quantitative estimate of drug-likeness (QED) is 0.812. The molecule has 2 aromatic rings. The fourth-order valence-corrected chi connectivity index (χ4v) is 3.29. The molecule has 4 nitrogen and oxygen atoms in total. The molecule has 1 saturated heterocycles. The van der Waals surface area contributed by atoms with E-state index < -0.39 is 17.8 Å². The van der Waals surface area contributed by atoms with E-state index in [2.05, 4.69) is 5.10 Å². The molecule has 1 fully saturated rings. The Morgan fingerprint density at radius 2 is 2.04 bits per heavy atom. The second-order valence-electron chi connectivity index (χ2n) is 5.71. The lowest BCUT2D eigenvalue weighted by Gasteiger charge is -2.25. The van der Waals surface area contributed by atoms with Crippen LogP contribution in [-0.2, 0) is 13.2 Å². The summed E-state index contributed by atoms with van der Waals surface area (Å²) >= 11 is 6.21. The maximum atomic E-state index is 12.8. The first-order valence-corrected chi connectivity index (χ1v) is 7.83. The third kappa shape index (κ3) is 3.00. The molecule has 1 aliphatic rings. The number of amides is 1. The van der Waals surface area contributed by atoms with Crippen molar-refractivity contribution in [3.8, 4) is 0 Å². The smallest absolute Gasteiger partial charge is 0.330 e. The van der Waals surface area contributed by atoms with Crippen LogP contribution in [0.2, 0.25) is 5.02 Å². The lowest BCUT2D eigenvalue weighted by molar-refractivity contribution is -0.141. The summed E-state index contributed by atoms with van der Waals surface area (Å²) in [6.07, 6.45) is -3.09. The largest absolute Gasteiger partial charge is 0.435 e. The maximum absolute atomic E-state index is 12.8. The minimum Gasteiger partial charge on any atom is -0.330 e. The normalized spacial score (nSPS) is 18.2. The van der Waals surface area contributed by atoms with Gasteiger partial charge in [-0.1, -0.05) is 29.8 Å². The van der Waals surface area contributed by atoms with Gasteiger partial charge in [-0.3, -0.25) is 9.48 Å². The summed E-state index contributed by atoms with van der Waals surface area (Å²) in [5.74, 6) is -0.470. The van der Waals surface area contributed by atoms with Crippen LogP contribution in [0.5, 0.6) is 0 Å². The molecule has 0 radical (unpaired) electrons. The molecule has 1 aromatic heterocycles. The zero-order valence-corrected chi connectivity index (χ0v) is 13.6. The van der Waals surface area contributed by atoms with Gasteiger partial charge in [0, 0.05) is 24.7 Å². The summed E-state index contributed by atoms with van der Waals surface area (Å²) < 4.78 is 39.4. The molecular formula is C16H15ClF3N3O. The Bertz CT molecular complexity index is 772. The molecule has 0 spiro atoms. The summed E-state index contributed by atoms with van der Waals surface area (Å²) in [7, 11) is 1.34. The number of aryl methyl sites for hydroxylation is 1. The zero-order chi connectivity index (χ0) is 17.5. The van der Waals surface area contributed by atoms with E-state index >= 15 is 0 Å². The second-order valence-corrected chi connectivity index (χ2v) is 6.12. The number of alkyl halides is 3. The Kier molecular flexibility index (Phi) is 4.29. The average Bonchev–Trinajstić information content (AvgIpc) is 3.13. The van der Waals surface area contributed by atoms with Crippen molar-refractivity contribution in [3.05, 3.63) is 52.3 Å². The number of nitrogens with zero attached hydrogens (tertiary/aromatic N) is 3. The maximum Gasteiger partial charge on any atom is 0.435 e. The van der Waals surface area contributed by atoms with Gasteiger partial charge in [0.05, 0.1) is 6.04 Å². The fraction of sp³-hybridized carbons (Fsp3) is 0.375.